The van der Waals surface area contributed by atoms with E-state index in [1.165, 1.54) is 19.2 Å². The molecule has 1 aliphatic rings. The summed E-state index contributed by atoms with van der Waals surface area (Å²) in [5, 5.41) is 10.7. The van der Waals surface area contributed by atoms with E-state index in [9.17, 15) is 19.3 Å². The highest BCUT2D eigenvalue weighted by Crippen LogP contribution is 2.26. The molecular weight excluding hydrogens is 279 g/mol. The molecular formula is C14H17FN2O4. The van der Waals surface area contributed by atoms with E-state index in [1.807, 2.05) is 11.8 Å². The van der Waals surface area contributed by atoms with E-state index in [4.69, 9.17) is 4.74 Å². The van der Waals surface area contributed by atoms with Gasteiger partial charge in [-0.05, 0) is 17.5 Å². The van der Waals surface area contributed by atoms with Crippen molar-refractivity contribution < 1.29 is 18.8 Å². The minimum Gasteiger partial charge on any atom is -0.469 e. The number of carbonyl (C=O) groups is 1. The van der Waals surface area contributed by atoms with Gasteiger partial charge in [-0.2, -0.15) is 0 Å². The lowest BCUT2D eigenvalue weighted by Crippen LogP contribution is -2.24. The molecule has 0 N–H and O–H groups in total. The first-order chi connectivity index (χ1) is 9.90. The molecule has 2 unspecified atom stereocenters. The van der Waals surface area contributed by atoms with Crippen LogP contribution in [-0.4, -0.2) is 36.0 Å². The SMILES string of the molecule is COC(=O)C1CN(Cc2cc(F)cc([N+](=O)[O-])c2)CC1C. The number of methoxy groups -OCH3 is 1. The molecule has 0 radical (unpaired) electrons. The van der Waals surface area contributed by atoms with Gasteiger partial charge in [0.15, 0.2) is 0 Å². The number of halogens is 1. The first-order valence-electron chi connectivity index (χ1n) is 6.64. The van der Waals surface area contributed by atoms with Crippen molar-refractivity contribution in [3.63, 3.8) is 0 Å². The number of rotatable bonds is 4. The van der Waals surface area contributed by atoms with Crippen LogP contribution in [-0.2, 0) is 16.1 Å². The predicted molar refractivity (Wildman–Crippen MR) is 73.0 cm³/mol. The second-order valence-electron chi connectivity index (χ2n) is 5.38. The summed E-state index contributed by atoms with van der Waals surface area (Å²) in [6.07, 6.45) is 0. The highest BCUT2D eigenvalue weighted by molar-refractivity contribution is 5.73. The first-order valence-corrected chi connectivity index (χ1v) is 6.64. The van der Waals surface area contributed by atoms with Crippen LogP contribution in [0.5, 0.6) is 0 Å². The van der Waals surface area contributed by atoms with E-state index in [-0.39, 0.29) is 23.5 Å². The molecule has 1 fully saturated rings. The molecule has 0 spiro atoms. The smallest absolute Gasteiger partial charge is 0.310 e. The van der Waals surface area contributed by atoms with Crippen molar-refractivity contribution in [2.45, 2.75) is 13.5 Å². The van der Waals surface area contributed by atoms with Crippen LogP contribution in [0.15, 0.2) is 18.2 Å². The molecule has 0 saturated carbocycles. The summed E-state index contributed by atoms with van der Waals surface area (Å²) < 4.78 is 18.2. The number of likely N-dealkylation sites (tertiary alicyclic amines) is 1. The molecule has 1 aromatic carbocycles. The average molecular weight is 296 g/mol. The molecule has 7 heteroatoms. The molecule has 1 aliphatic heterocycles. The molecule has 0 aliphatic carbocycles. The van der Waals surface area contributed by atoms with Crippen LogP contribution in [0, 0.1) is 27.8 Å². The van der Waals surface area contributed by atoms with Crippen molar-refractivity contribution in [1.82, 2.24) is 4.90 Å². The van der Waals surface area contributed by atoms with Crippen LogP contribution in [0.1, 0.15) is 12.5 Å². The zero-order chi connectivity index (χ0) is 15.6. The minimum absolute atomic E-state index is 0.140. The largest absolute Gasteiger partial charge is 0.469 e. The minimum atomic E-state index is -0.629. The molecule has 1 aromatic rings. The highest BCUT2D eigenvalue weighted by Gasteiger charge is 2.35. The summed E-state index contributed by atoms with van der Waals surface area (Å²) >= 11 is 0. The standard InChI is InChI=1S/C14H17FN2O4/c1-9-6-16(8-13(9)14(18)21-2)7-10-3-11(15)5-12(4-10)17(19)20/h3-5,9,13H,6-8H2,1-2H3. The third-order valence-electron chi connectivity index (χ3n) is 3.75. The van der Waals surface area contributed by atoms with Gasteiger partial charge in [0.2, 0.25) is 0 Å². The maximum absolute atomic E-state index is 13.4. The summed E-state index contributed by atoms with van der Waals surface area (Å²) in [4.78, 5) is 23.7. The molecule has 1 saturated heterocycles. The number of hydrogen-bond acceptors (Lipinski definition) is 5. The Labute approximate surface area is 121 Å². The summed E-state index contributed by atoms with van der Waals surface area (Å²) in [6, 6.07) is 3.54. The Morgan fingerprint density at radius 3 is 2.81 bits per heavy atom. The maximum Gasteiger partial charge on any atom is 0.310 e. The Morgan fingerprint density at radius 2 is 2.19 bits per heavy atom. The number of ether oxygens (including phenoxy) is 1. The van der Waals surface area contributed by atoms with Crippen LogP contribution >= 0.6 is 0 Å². The Balaban J connectivity index is 2.09. The summed E-state index contributed by atoms with van der Waals surface area (Å²) in [5.41, 5.74) is 0.265. The van der Waals surface area contributed by atoms with E-state index >= 15 is 0 Å². The van der Waals surface area contributed by atoms with Gasteiger partial charge >= 0.3 is 5.97 Å². The lowest BCUT2D eigenvalue weighted by atomic mass is 9.99. The number of nitro groups is 1. The fourth-order valence-corrected chi connectivity index (χ4v) is 2.74. The molecule has 1 heterocycles. The van der Waals surface area contributed by atoms with Crippen molar-refractivity contribution in [3.8, 4) is 0 Å². The second-order valence-corrected chi connectivity index (χ2v) is 5.38. The summed E-state index contributed by atoms with van der Waals surface area (Å²) in [5.74, 6) is -0.953. The van der Waals surface area contributed by atoms with E-state index < -0.39 is 10.7 Å². The van der Waals surface area contributed by atoms with Gasteiger partial charge in [-0.25, -0.2) is 4.39 Å². The summed E-state index contributed by atoms with van der Waals surface area (Å²) in [6.45, 7) is 3.51. The topological polar surface area (TPSA) is 72.7 Å². The quantitative estimate of drug-likeness (QED) is 0.482. The third-order valence-corrected chi connectivity index (χ3v) is 3.75. The molecule has 21 heavy (non-hydrogen) atoms. The number of non-ortho nitro benzene ring substituents is 1. The van der Waals surface area contributed by atoms with Gasteiger partial charge in [0.05, 0.1) is 24.0 Å². The summed E-state index contributed by atoms with van der Waals surface area (Å²) in [7, 11) is 1.35. The molecule has 6 nitrogen and oxygen atoms in total. The molecule has 0 aromatic heterocycles. The van der Waals surface area contributed by atoms with Gasteiger partial charge in [0.25, 0.3) is 5.69 Å². The van der Waals surface area contributed by atoms with Crippen LogP contribution in [0.2, 0.25) is 0 Å². The van der Waals surface area contributed by atoms with Crippen molar-refractivity contribution in [2.24, 2.45) is 11.8 Å². The monoisotopic (exact) mass is 296 g/mol. The number of nitro benzene ring substituents is 1. The zero-order valence-corrected chi connectivity index (χ0v) is 11.9. The molecule has 0 amide bonds. The van der Waals surface area contributed by atoms with Crippen molar-refractivity contribution in [2.75, 3.05) is 20.2 Å². The Kier molecular flexibility index (Phi) is 4.52. The number of nitrogens with zero attached hydrogens (tertiary/aromatic N) is 2. The second kappa shape index (κ2) is 6.17. The van der Waals surface area contributed by atoms with Crippen molar-refractivity contribution >= 4 is 11.7 Å². The number of esters is 1. The van der Waals surface area contributed by atoms with Gasteiger partial charge < -0.3 is 4.74 Å². The third kappa shape index (κ3) is 3.55. The van der Waals surface area contributed by atoms with Gasteiger partial charge in [-0.3, -0.25) is 19.8 Å². The van der Waals surface area contributed by atoms with Crippen molar-refractivity contribution in [1.29, 1.82) is 0 Å². The first kappa shape index (κ1) is 15.4. The Bertz CT molecular complexity index is 564. The van der Waals surface area contributed by atoms with Crippen LogP contribution < -0.4 is 0 Å². The fourth-order valence-electron chi connectivity index (χ4n) is 2.74. The number of hydrogen-bond donors (Lipinski definition) is 0. The van der Waals surface area contributed by atoms with Gasteiger partial charge in [-0.15, -0.1) is 0 Å². The fraction of sp³-hybridized carbons (Fsp3) is 0.500. The Morgan fingerprint density at radius 1 is 1.48 bits per heavy atom. The normalized spacial score (nSPS) is 22.2. The zero-order valence-electron chi connectivity index (χ0n) is 11.9. The average Bonchev–Trinajstić information content (AvgIpc) is 2.77. The molecule has 114 valence electrons. The van der Waals surface area contributed by atoms with Gasteiger partial charge in [0, 0.05) is 25.7 Å². The highest BCUT2D eigenvalue weighted by atomic mass is 19.1. The number of benzene rings is 1. The van der Waals surface area contributed by atoms with Crippen LogP contribution in [0.4, 0.5) is 10.1 Å². The number of carbonyl (C=O) groups excluding carboxylic acids is 1. The lowest BCUT2D eigenvalue weighted by molar-refractivity contribution is -0.385. The molecule has 2 rings (SSSR count). The van der Waals surface area contributed by atoms with E-state index in [1.54, 1.807) is 0 Å². The lowest BCUT2D eigenvalue weighted by Gasteiger charge is -2.15. The predicted octanol–water partition coefficient (Wildman–Crippen LogP) is 1.97. The van der Waals surface area contributed by atoms with Gasteiger partial charge in [-0.1, -0.05) is 6.92 Å². The van der Waals surface area contributed by atoms with E-state index in [0.29, 0.717) is 25.2 Å². The molecule has 2 atom stereocenters. The van der Waals surface area contributed by atoms with E-state index in [0.717, 1.165) is 6.07 Å². The van der Waals surface area contributed by atoms with Gasteiger partial charge in [0.1, 0.15) is 5.82 Å². The van der Waals surface area contributed by atoms with E-state index in [2.05, 4.69) is 0 Å². The van der Waals surface area contributed by atoms with Crippen LogP contribution in [0.3, 0.4) is 0 Å². The Hall–Kier alpha value is -2.02. The van der Waals surface area contributed by atoms with Crippen molar-refractivity contribution in [3.05, 3.63) is 39.7 Å². The maximum atomic E-state index is 13.4. The molecule has 0 bridgehead atoms. The van der Waals surface area contributed by atoms with Crippen LogP contribution in [0.25, 0.3) is 0 Å².